The molecule has 0 aliphatic carbocycles. The van der Waals surface area contributed by atoms with E-state index < -0.39 is 0 Å². The lowest BCUT2D eigenvalue weighted by Gasteiger charge is -2.32. The van der Waals surface area contributed by atoms with E-state index in [-0.39, 0.29) is 13.4 Å². The van der Waals surface area contributed by atoms with Crippen LogP contribution in [0.2, 0.25) is 0 Å². The van der Waals surface area contributed by atoms with E-state index in [2.05, 4.69) is 77.2 Å². The van der Waals surface area contributed by atoms with Crippen molar-refractivity contribution >= 4 is 22.9 Å². The number of unbranched alkanes of at least 4 members (excludes halogenated alkanes) is 2. The second-order valence-electron chi connectivity index (χ2n) is 9.87. The maximum absolute atomic E-state index is 13.4. The van der Waals surface area contributed by atoms with Gasteiger partial charge >= 0.3 is 0 Å². The molecule has 0 atom stereocenters. The number of rotatable bonds is 10. The first-order valence-electron chi connectivity index (χ1n) is 13.1. The van der Waals surface area contributed by atoms with Crippen LogP contribution in [0, 0.1) is 13.8 Å². The van der Waals surface area contributed by atoms with Crippen molar-refractivity contribution < 1.29 is 6.22 Å². The Kier molecular flexibility index (Phi) is 9.50. The fraction of sp³-hybridized carbons (Fsp3) is 0.448. The number of hydrogen-bond acceptors (Lipinski definition) is 5. The molecule has 1 saturated heterocycles. The number of hydrogen-bond donors (Lipinski definition) is 2. The monoisotopic (exact) mass is 507 g/mol. The van der Waals surface area contributed by atoms with Crippen LogP contribution >= 0.6 is 11.3 Å². The van der Waals surface area contributed by atoms with Crippen LogP contribution in [-0.4, -0.2) is 41.1 Å². The summed E-state index contributed by atoms with van der Waals surface area (Å²) in [5.74, 6) is 0.00783. The summed E-state index contributed by atoms with van der Waals surface area (Å²) in [6, 6.07) is 17.1. The zero-order valence-corrected chi connectivity index (χ0v) is 22.4. The van der Waals surface area contributed by atoms with E-state index in [4.69, 9.17) is 10.7 Å². The lowest BCUT2D eigenvalue weighted by molar-refractivity contribution is 0.0899. The standard InChI is InChI=1S/C29H39N5OS.H2/c1-22-17-23(2)19-26(18-22)32-29-34(14-8-4-7-13-30)27(21-36-29)28(35)31-25-11-15-33(16-12-25)20-24-9-5-3-6-10-24;/h3,5-6,9-10,17-19,21,25H,4,7-8,11-16,20,30H2,1-2H3,(H,31,35);1H. The van der Waals surface area contributed by atoms with Gasteiger partial charge in [0, 0.05) is 39.0 Å². The quantitative estimate of drug-likeness (QED) is 0.372. The maximum Gasteiger partial charge on any atom is 0.269 e. The van der Waals surface area contributed by atoms with Crippen LogP contribution in [0.3, 0.4) is 0 Å². The minimum Gasteiger partial charge on any atom is -0.348 e. The molecular formula is C29H41N5OS. The summed E-state index contributed by atoms with van der Waals surface area (Å²) in [7, 11) is 0. The number of carbonyl (C=O) groups excluding carboxylic acids is 1. The molecule has 3 N–H and O–H groups in total. The van der Waals surface area contributed by atoms with E-state index in [1.165, 1.54) is 16.7 Å². The van der Waals surface area contributed by atoms with Crippen molar-refractivity contribution in [3.05, 3.63) is 81.1 Å². The molecule has 2 heterocycles. The summed E-state index contributed by atoms with van der Waals surface area (Å²) in [4.78, 5) is 21.6. The van der Waals surface area contributed by atoms with Gasteiger partial charge in [-0.3, -0.25) is 9.69 Å². The topological polar surface area (TPSA) is 75.7 Å². The number of thiazole rings is 1. The Morgan fingerprint density at radius 3 is 2.50 bits per heavy atom. The van der Waals surface area contributed by atoms with Crippen LogP contribution in [-0.2, 0) is 13.1 Å². The van der Waals surface area contributed by atoms with E-state index in [1.807, 2.05) is 5.38 Å². The van der Waals surface area contributed by atoms with Gasteiger partial charge in [0.2, 0.25) is 0 Å². The molecule has 1 aromatic heterocycles. The van der Waals surface area contributed by atoms with Gasteiger partial charge in [-0.2, -0.15) is 0 Å². The molecule has 0 bridgehead atoms. The third-order valence-corrected chi connectivity index (χ3v) is 7.58. The highest BCUT2D eigenvalue weighted by atomic mass is 32.1. The SMILES string of the molecule is Cc1cc(C)cc(N=c2scc(C(=O)NC3CCN(Cc4ccccc4)CC3)n2CCCCCN)c1.[HH]. The number of aromatic nitrogens is 1. The van der Waals surface area contributed by atoms with Gasteiger partial charge in [-0.1, -0.05) is 42.8 Å². The number of amides is 1. The second-order valence-corrected chi connectivity index (χ2v) is 10.7. The molecule has 2 aromatic carbocycles. The minimum absolute atomic E-state index is 0. The summed E-state index contributed by atoms with van der Waals surface area (Å²) in [6.45, 7) is 8.61. The maximum atomic E-state index is 13.4. The Morgan fingerprint density at radius 1 is 1.08 bits per heavy atom. The molecule has 1 fully saturated rings. The molecule has 194 valence electrons. The van der Waals surface area contributed by atoms with Crippen LogP contribution in [0.1, 0.15) is 60.7 Å². The van der Waals surface area contributed by atoms with Crippen LogP contribution in [0.15, 0.2) is 58.9 Å². The average molecular weight is 508 g/mol. The summed E-state index contributed by atoms with van der Waals surface area (Å²) in [5, 5.41) is 5.28. The lowest BCUT2D eigenvalue weighted by atomic mass is 10.0. The van der Waals surface area contributed by atoms with Gasteiger partial charge in [-0.05, 0) is 74.9 Å². The Bertz CT molecular complexity index is 1180. The van der Waals surface area contributed by atoms with Crippen molar-refractivity contribution in [3.8, 4) is 0 Å². The van der Waals surface area contributed by atoms with Gasteiger partial charge in [-0.25, -0.2) is 4.99 Å². The number of nitrogens with zero attached hydrogens (tertiary/aromatic N) is 3. The van der Waals surface area contributed by atoms with Gasteiger partial charge in [0.05, 0.1) is 5.69 Å². The van der Waals surface area contributed by atoms with Crippen molar-refractivity contribution in [2.75, 3.05) is 19.6 Å². The highest BCUT2D eigenvalue weighted by Gasteiger charge is 2.23. The third-order valence-electron chi connectivity index (χ3n) is 6.72. The number of nitrogens with one attached hydrogen (secondary N) is 1. The van der Waals surface area contributed by atoms with Gasteiger partial charge in [-0.15, -0.1) is 11.3 Å². The number of nitrogens with two attached hydrogens (primary N) is 1. The van der Waals surface area contributed by atoms with Crippen molar-refractivity contribution in [3.63, 3.8) is 0 Å². The molecule has 1 amide bonds. The number of likely N-dealkylation sites (tertiary alicyclic amines) is 1. The molecule has 0 radical (unpaired) electrons. The van der Waals surface area contributed by atoms with Crippen molar-refractivity contribution in [1.29, 1.82) is 0 Å². The first-order valence-corrected chi connectivity index (χ1v) is 14.0. The molecule has 3 aromatic rings. The summed E-state index contributed by atoms with van der Waals surface area (Å²) in [6.07, 6.45) is 4.96. The third kappa shape index (κ3) is 7.38. The predicted octanol–water partition coefficient (Wildman–Crippen LogP) is 5.17. The Labute approximate surface area is 220 Å². The van der Waals surface area contributed by atoms with E-state index in [0.29, 0.717) is 12.2 Å². The zero-order valence-electron chi connectivity index (χ0n) is 21.6. The Balaban J connectivity index is 0.00000380. The molecular weight excluding hydrogens is 466 g/mol. The van der Waals surface area contributed by atoms with Crippen LogP contribution in [0.25, 0.3) is 0 Å². The van der Waals surface area contributed by atoms with Crippen LogP contribution in [0.4, 0.5) is 5.69 Å². The fourth-order valence-corrected chi connectivity index (χ4v) is 5.80. The van der Waals surface area contributed by atoms with E-state index in [9.17, 15) is 4.79 Å². The highest BCUT2D eigenvalue weighted by Crippen LogP contribution is 2.18. The number of benzene rings is 2. The van der Waals surface area contributed by atoms with Gasteiger partial charge in [0.15, 0.2) is 4.80 Å². The number of piperidine rings is 1. The van der Waals surface area contributed by atoms with Crippen LogP contribution < -0.4 is 15.9 Å². The predicted molar refractivity (Wildman–Crippen MR) is 151 cm³/mol. The van der Waals surface area contributed by atoms with Crippen LogP contribution in [0.5, 0.6) is 0 Å². The van der Waals surface area contributed by atoms with Gasteiger partial charge in [0.1, 0.15) is 5.69 Å². The van der Waals surface area contributed by atoms with Gasteiger partial charge < -0.3 is 15.6 Å². The highest BCUT2D eigenvalue weighted by molar-refractivity contribution is 7.07. The Morgan fingerprint density at radius 2 is 1.81 bits per heavy atom. The van der Waals surface area contributed by atoms with Gasteiger partial charge in [0.25, 0.3) is 5.91 Å². The normalized spacial score (nSPS) is 15.4. The molecule has 0 spiro atoms. The van der Waals surface area contributed by atoms with E-state index in [1.54, 1.807) is 11.3 Å². The largest absolute Gasteiger partial charge is 0.348 e. The molecule has 4 rings (SSSR count). The number of aryl methyl sites for hydroxylation is 2. The molecule has 36 heavy (non-hydrogen) atoms. The zero-order chi connectivity index (χ0) is 25.3. The summed E-state index contributed by atoms with van der Waals surface area (Å²) in [5.41, 5.74) is 11.1. The average Bonchev–Trinajstić information content (AvgIpc) is 3.25. The lowest BCUT2D eigenvalue weighted by Crippen LogP contribution is -2.45. The first kappa shape index (κ1) is 26.3. The van der Waals surface area contributed by atoms with Crippen molar-refractivity contribution in [1.82, 2.24) is 14.8 Å². The van der Waals surface area contributed by atoms with E-state index in [0.717, 1.165) is 68.8 Å². The first-order chi connectivity index (χ1) is 17.5. The van der Waals surface area contributed by atoms with E-state index >= 15 is 0 Å². The minimum atomic E-state index is 0. The second kappa shape index (κ2) is 13.0. The van der Waals surface area contributed by atoms with Crippen molar-refractivity contribution in [2.45, 2.75) is 65.1 Å². The molecule has 0 saturated carbocycles. The summed E-state index contributed by atoms with van der Waals surface area (Å²) >= 11 is 1.54. The van der Waals surface area contributed by atoms with Crippen molar-refractivity contribution in [2.24, 2.45) is 10.7 Å². The number of carbonyl (C=O) groups is 1. The smallest absolute Gasteiger partial charge is 0.269 e. The fourth-order valence-electron chi connectivity index (χ4n) is 4.87. The molecule has 1 aliphatic rings. The molecule has 0 unspecified atom stereocenters. The molecule has 7 heteroatoms. The summed E-state index contributed by atoms with van der Waals surface area (Å²) < 4.78 is 2.10. The Hall–Kier alpha value is -2.74. The molecule has 6 nitrogen and oxygen atoms in total. The molecule has 1 aliphatic heterocycles.